The van der Waals surface area contributed by atoms with Crippen LogP contribution in [0.3, 0.4) is 0 Å². The van der Waals surface area contributed by atoms with Crippen molar-refractivity contribution in [3.8, 4) is 0 Å². The number of benzene rings is 2. The van der Waals surface area contributed by atoms with Crippen LogP contribution in [-0.4, -0.2) is 37.1 Å². The van der Waals surface area contributed by atoms with Crippen molar-refractivity contribution in [3.63, 3.8) is 0 Å². The molecule has 8 heteroatoms. The number of hydrogen-bond donors (Lipinski definition) is 1. The van der Waals surface area contributed by atoms with Crippen LogP contribution in [0.2, 0.25) is 5.02 Å². The summed E-state index contributed by atoms with van der Waals surface area (Å²) in [6.07, 6.45) is 0. The molecule has 130 valence electrons. The molecule has 2 aromatic carbocycles. The van der Waals surface area contributed by atoms with Gasteiger partial charge in [-0.3, -0.25) is 14.9 Å². The Balaban J connectivity index is 1.89. The Morgan fingerprint density at radius 3 is 2.64 bits per heavy atom. The van der Waals surface area contributed by atoms with Crippen molar-refractivity contribution in [1.29, 1.82) is 0 Å². The number of ether oxygens (including phenoxy) is 1. The molecule has 2 aromatic rings. The van der Waals surface area contributed by atoms with Crippen LogP contribution in [0.1, 0.15) is 10.4 Å². The SMILES string of the molecule is O=C(Nc1ccccc1N1CCOCC1)c1cc(Cl)ccc1[N+](=O)[O-]. The molecular weight excluding hydrogens is 346 g/mol. The highest BCUT2D eigenvalue weighted by Crippen LogP contribution is 2.29. The third kappa shape index (κ3) is 3.89. The average Bonchev–Trinajstić information content (AvgIpc) is 2.62. The normalized spacial score (nSPS) is 14.2. The maximum Gasteiger partial charge on any atom is 0.282 e. The van der Waals surface area contributed by atoms with E-state index in [1.54, 1.807) is 12.1 Å². The molecule has 1 saturated heterocycles. The topological polar surface area (TPSA) is 84.7 Å². The third-order valence-electron chi connectivity index (χ3n) is 3.90. The summed E-state index contributed by atoms with van der Waals surface area (Å²) in [5, 5.41) is 14.2. The Labute approximate surface area is 149 Å². The zero-order valence-corrected chi connectivity index (χ0v) is 14.0. The van der Waals surface area contributed by atoms with Crippen LogP contribution in [0.4, 0.5) is 17.1 Å². The molecule has 25 heavy (non-hydrogen) atoms. The molecule has 1 N–H and O–H groups in total. The van der Waals surface area contributed by atoms with Gasteiger partial charge in [0, 0.05) is 24.2 Å². The molecule has 1 amide bonds. The number of anilines is 2. The van der Waals surface area contributed by atoms with E-state index in [1.807, 2.05) is 12.1 Å². The Hall–Kier alpha value is -2.64. The van der Waals surface area contributed by atoms with Gasteiger partial charge in [0.25, 0.3) is 11.6 Å². The molecule has 1 aliphatic rings. The number of para-hydroxylation sites is 2. The van der Waals surface area contributed by atoms with E-state index in [2.05, 4.69) is 10.2 Å². The highest BCUT2D eigenvalue weighted by atomic mass is 35.5. The van der Waals surface area contributed by atoms with Gasteiger partial charge in [0.2, 0.25) is 0 Å². The number of halogens is 1. The maximum absolute atomic E-state index is 12.6. The molecule has 1 heterocycles. The molecule has 1 aliphatic heterocycles. The van der Waals surface area contributed by atoms with Gasteiger partial charge in [0.1, 0.15) is 5.56 Å². The number of nitro benzene ring substituents is 1. The van der Waals surface area contributed by atoms with Crippen LogP contribution >= 0.6 is 11.6 Å². The Bertz CT molecular complexity index is 806. The van der Waals surface area contributed by atoms with E-state index >= 15 is 0 Å². The number of morpholine rings is 1. The average molecular weight is 362 g/mol. The Kier molecular flexibility index (Phi) is 5.16. The number of carbonyl (C=O) groups excluding carboxylic acids is 1. The number of nitro groups is 1. The molecule has 0 saturated carbocycles. The fraction of sp³-hybridized carbons (Fsp3) is 0.235. The van der Waals surface area contributed by atoms with Crippen molar-refractivity contribution in [1.82, 2.24) is 0 Å². The minimum absolute atomic E-state index is 0.0747. The highest BCUT2D eigenvalue weighted by Gasteiger charge is 2.22. The lowest BCUT2D eigenvalue weighted by atomic mass is 10.1. The lowest BCUT2D eigenvalue weighted by Crippen LogP contribution is -2.36. The predicted molar refractivity (Wildman–Crippen MR) is 95.5 cm³/mol. The van der Waals surface area contributed by atoms with Crippen LogP contribution in [0, 0.1) is 10.1 Å². The summed E-state index contributed by atoms with van der Waals surface area (Å²) in [7, 11) is 0. The molecule has 0 spiro atoms. The first-order valence-corrected chi connectivity index (χ1v) is 8.11. The van der Waals surface area contributed by atoms with Gasteiger partial charge in [0.05, 0.1) is 29.5 Å². The van der Waals surface area contributed by atoms with Crippen LogP contribution in [0.25, 0.3) is 0 Å². The Morgan fingerprint density at radius 1 is 1.20 bits per heavy atom. The van der Waals surface area contributed by atoms with Gasteiger partial charge >= 0.3 is 0 Å². The molecule has 0 unspecified atom stereocenters. The molecule has 0 aliphatic carbocycles. The maximum atomic E-state index is 12.6. The van der Waals surface area contributed by atoms with E-state index in [0.29, 0.717) is 32.0 Å². The summed E-state index contributed by atoms with van der Waals surface area (Å²) in [6, 6.07) is 11.2. The molecule has 3 rings (SSSR count). The lowest BCUT2D eigenvalue weighted by Gasteiger charge is -2.30. The van der Waals surface area contributed by atoms with Gasteiger partial charge in [-0.1, -0.05) is 23.7 Å². The smallest absolute Gasteiger partial charge is 0.282 e. The zero-order valence-electron chi connectivity index (χ0n) is 13.3. The fourth-order valence-electron chi connectivity index (χ4n) is 2.70. The quantitative estimate of drug-likeness (QED) is 0.667. The number of nitrogens with zero attached hydrogens (tertiary/aromatic N) is 2. The zero-order chi connectivity index (χ0) is 17.8. The fourth-order valence-corrected chi connectivity index (χ4v) is 2.87. The number of rotatable bonds is 4. The van der Waals surface area contributed by atoms with Crippen LogP contribution in [0.15, 0.2) is 42.5 Å². The van der Waals surface area contributed by atoms with Crippen molar-refractivity contribution < 1.29 is 14.5 Å². The van der Waals surface area contributed by atoms with Crippen molar-refractivity contribution in [2.24, 2.45) is 0 Å². The Morgan fingerprint density at radius 2 is 1.92 bits per heavy atom. The number of carbonyl (C=O) groups is 1. The first-order valence-electron chi connectivity index (χ1n) is 7.73. The van der Waals surface area contributed by atoms with E-state index in [9.17, 15) is 14.9 Å². The highest BCUT2D eigenvalue weighted by molar-refractivity contribution is 6.31. The van der Waals surface area contributed by atoms with E-state index in [0.717, 1.165) is 5.69 Å². The summed E-state index contributed by atoms with van der Waals surface area (Å²) in [5.41, 5.74) is 1.08. The monoisotopic (exact) mass is 361 g/mol. The van der Waals surface area contributed by atoms with Crippen molar-refractivity contribution in [2.75, 3.05) is 36.5 Å². The standard InChI is InChI=1S/C17H16ClN3O4/c18-12-5-6-15(21(23)24)13(11-12)17(22)19-14-3-1-2-4-16(14)20-7-9-25-10-8-20/h1-6,11H,7-10H2,(H,19,22). The number of nitrogens with one attached hydrogen (secondary N) is 1. The van der Waals surface area contributed by atoms with E-state index in [4.69, 9.17) is 16.3 Å². The second kappa shape index (κ2) is 7.50. The third-order valence-corrected chi connectivity index (χ3v) is 4.14. The number of amides is 1. The lowest BCUT2D eigenvalue weighted by molar-refractivity contribution is -0.385. The summed E-state index contributed by atoms with van der Waals surface area (Å²) in [5.74, 6) is -0.574. The summed E-state index contributed by atoms with van der Waals surface area (Å²) in [6.45, 7) is 2.65. The summed E-state index contributed by atoms with van der Waals surface area (Å²) >= 11 is 5.90. The van der Waals surface area contributed by atoms with E-state index < -0.39 is 10.8 Å². The predicted octanol–water partition coefficient (Wildman–Crippen LogP) is 3.34. The van der Waals surface area contributed by atoms with Gasteiger partial charge in [-0.05, 0) is 24.3 Å². The van der Waals surface area contributed by atoms with Gasteiger partial charge in [-0.15, -0.1) is 0 Å². The van der Waals surface area contributed by atoms with Gasteiger partial charge in [-0.2, -0.15) is 0 Å². The van der Waals surface area contributed by atoms with Crippen molar-refractivity contribution in [3.05, 3.63) is 63.2 Å². The molecule has 1 fully saturated rings. The second-order valence-corrected chi connectivity index (χ2v) is 5.93. The molecular formula is C17H16ClN3O4. The molecule has 0 radical (unpaired) electrons. The van der Waals surface area contributed by atoms with Crippen LogP contribution in [-0.2, 0) is 4.74 Å². The summed E-state index contributed by atoms with van der Waals surface area (Å²) < 4.78 is 5.35. The summed E-state index contributed by atoms with van der Waals surface area (Å²) in [4.78, 5) is 25.3. The molecule has 0 aromatic heterocycles. The second-order valence-electron chi connectivity index (χ2n) is 5.49. The minimum Gasteiger partial charge on any atom is -0.378 e. The van der Waals surface area contributed by atoms with E-state index in [1.165, 1.54) is 18.2 Å². The molecule has 0 atom stereocenters. The van der Waals surface area contributed by atoms with Gasteiger partial charge < -0.3 is 15.0 Å². The number of hydrogen-bond acceptors (Lipinski definition) is 5. The van der Waals surface area contributed by atoms with Crippen LogP contribution in [0.5, 0.6) is 0 Å². The van der Waals surface area contributed by atoms with Gasteiger partial charge in [0.15, 0.2) is 0 Å². The largest absolute Gasteiger partial charge is 0.378 e. The first kappa shape index (κ1) is 17.2. The van der Waals surface area contributed by atoms with E-state index in [-0.39, 0.29) is 16.3 Å². The molecule has 0 bridgehead atoms. The van der Waals surface area contributed by atoms with Gasteiger partial charge in [-0.25, -0.2) is 0 Å². The van der Waals surface area contributed by atoms with Crippen molar-refractivity contribution >= 4 is 34.6 Å². The van der Waals surface area contributed by atoms with Crippen LogP contribution < -0.4 is 10.2 Å². The minimum atomic E-state index is -0.598. The van der Waals surface area contributed by atoms with Crippen molar-refractivity contribution in [2.45, 2.75) is 0 Å². The first-order chi connectivity index (χ1) is 12.1. The molecule has 7 nitrogen and oxygen atoms in total.